The van der Waals surface area contributed by atoms with Crippen LogP contribution in [-0.2, 0) is 11.8 Å². The number of carbonyl (C=O) groups is 1. The minimum Gasteiger partial charge on any atom is -0.352 e. The average molecular weight is 325 g/mol. The third-order valence-electron chi connectivity index (χ3n) is 2.52. The van der Waals surface area contributed by atoms with E-state index in [1.165, 1.54) is 0 Å². The summed E-state index contributed by atoms with van der Waals surface area (Å²) in [5, 5.41) is 5.69. The molecule has 0 unspecified atom stereocenters. The van der Waals surface area contributed by atoms with Crippen molar-refractivity contribution in [2.45, 2.75) is 11.8 Å². The maximum Gasteiger partial charge on any atom is 0.251 e. The van der Waals surface area contributed by atoms with E-state index in [0.717, 1.165) is 23.0 Å². The van der Waals surface area contributed by atoms with Gasteiger partial charge in [-0.3, -0.25) is 4.79 Å². The molecule has 18 heavy (non-hydrogen) atoms. The van der Waals surface area contributed by atoms with Crippen LogP contribution in [0.25, 0.3) is 0 Å². The number of aromatic nitrogens is 1. The summed E-state index contributed by atoms with van der Waals surface area (Å²) < 4.78 is 0. The number of nitrogens with zero attached hydrogens (tertiary/aromatic N) is 1. The van der Waals surface area contributed by atoms with Gasteiger partial charge in [0.1, 0.15) is 0 Å². The molecule has 0 atom stereocenters. The minimum atomic E-state index is -0.0358. The molecule has 1 aromatic heterocycles. The molecule has 2 rings (SSSR count). The van der Waals surface area contributed by atoms with Gasteiger partial charge in [-0.2, -0.15) is 0 Å². The summed E-state index contributed by atoms with van der Waals surface area (Å²) in [6, 6.07) is 7.58. The van der Waals surface area contributed by atoms with Gasteiger partial charge in [0.15, 0.2) is 0 Å². The Morgan fingerprint density at radius 2 is 2.11 bits per heavy atom. The quantitative estimate of drug-likeness (QED) is 0.859. The first kappa shape index (κ1) is 13.2. The van der Waals surface area contributed by atoms with Crippen molar-refractivity contribution in [2.24, 2.45) is 0 Å². The highest BCUT2D eigenvalue weighted by molar-refractivity contribution is 9.08. The van der Waals surface area contributed by atoms with Gasteiger partial charge in [-0.1, -0.05) is 28.1 Å². The molecule has 0 spiro atoms. The van der Waals surface area contributed by atoms with Crippen LogP contribution in [0.15, 0.2) is 35.2 Å². The van der Waals surface area contributed by atoms with Gasteiger partial charge >= 0.3 is 0 Å². The lowest BCUT2D eigenvalue weighted by atomic mass is 10.1. The molecular formula is C13H13BrN2OS. The third-order valence-corrected chi connectivity index (χ3v) is 3.80. The number of hydrogen-bond acceptors (Lipinski definition) is 3. The predicted molar refractivity (Wildman–Crippen MR) is 77.2 cm³/mol. The summed E-state index contributed by atoms with van der Waals surface area (Å²) in [7, 11) is 0. The number of thiazole rings is 1. The van der Waals surface area contributed by atoms with Crippen molar-refractivity contribution in [3.63, 3.8) is 0 Å². The van der Waals surface area contributed by atoms with Gasteiger partial charge < -0.3 is 5.32 Å². The van der Waals surface area contributed by atoms with E-state index in [9.17, 15) is 4.79 Å². The van der Waals surface area contributed by atoms with Gasteiger partial charge in [-0.05, 0) is 17.7 Å². The van der Waals surface area contributed by atoms with Crippen molar-refractivity contribution in [1.29, 1.82) is 0 Å². The van der Waals surface area contributed by atoms with Crippen LogP contribution in [0.1, 0.15) is 21.6 Å². The second-order valence-electron chi connectivity index (χ2n) is 3.82. The number of carbonyl (C=O) groups excluding carboxylic acids is 1. The van der Waals surface area contributed by atoms with Crippen molar-refractivity contribution in [2.75, 3.05) is 6.54 Å². The Kier molecular flexibility index (Phi) is 4.90. The van der Waals surface area contributed by atoms with Gasteiger partial charge in [0.25, 0.3) is 5.91 Å². The van der Waals surface area contributed by atoms with Crippen molar-refractivity contribution in [3.05, 3.63) is 52.0 Å². The maximum atomic E-state index is 11.8. The molecule has 3 nitrogen and oxygen atoms in total. The zero-order valence-corrected chi connectivity index (χ0v) is 12.1. The van der Waals surface area contributed by atoms with Crippen LogP contribution in [-0.4, -0.2) is 17.4 Å². The van der Waals surface area contributed by atoms with E-state index >= 15 is 0 Å². The molecule has 0 bridgehead atoms. The molecular weight excluding hydrogens is 312 g/mol. The van der Waals surface area contributed by atoms with Crippen LogP contribution in [0.2, 0.25) is 0 Å². The maximum absolute atomic E-state index is 11.8. The lowest BCUT2D eigenvalue weighted by molar-refractivity contribution is 0.0954. The molecule has 0 aliphatic heterocycles. The van der Waals surface area contributed by atoms with E-state index in [2.05, 4.69) is 26.2 Å². The first-order valence-corrected chi connectivity index (χ1v) is 7.66. The van der Waals surface area contributed by atoms with Crippen LogP contribution in [0.4, 0.5) is 0 Å². The van der Waals surface area contributed by atoms with E-state index in [1.54, 1.807) is 16.8 Å². The SMILES string of the molecule is O=C(NCCc1cscn1)c1ccc(CBr)cc1. The Balaban J connectivity index is 1.83. The highest BCUT2D eigenvalue weighted by Crippen LogP contribution is 2.08. The number of benzene rings is 1. The molecule has 1 amide bonds. The largest absolute Gasteiger partial charge is 0.352 e. The lowest BCUT2D eigenvalue weighted by Gasteiger charge is -2.04. The second-order valence-corrected chi connectivity index (χ2v) is 5.10. The second kappa shape index (κ2) is 6.66. The van der Waals surface area contributed by atoms with Crippen molar-refractivity contribution < 1.29 is 4.79 Å². The third kappa shape index (κ3) is 3.65. The van der Waals surface area contributed by atoms with Crippen molar-refractivity contribution in [3.8, 4) is 0 Å². The molecule has 0 radical (unpaired) electrons. The summed E-state index contributed by atoms with van der Waals surface area (Å²) in [5.41, 5.74) is 4.68. The number of alkyl halides is 1. The van der Waals surface area contributed by atoms with Gasteiger partial charge in [0, 0.05) is 29.2 Å². The van der Waals surface area contributed by atoms with E-state index < -0.39 is 0 Å². The molecule has 0 aliphatic carbocycles. The average Bonchev–Trinajstić information content (AvgIpc) is 2.92. The number of rotatable bonds is 5. The number of hydrogen-bond donors (Lipinski definition) is 1. The minimum absolute atomic E-state index is 0.0358. The molecule has 1 N–H and O–H groups in total. The van der Waals surface area contributed by atoms with Gasteiger partial charge in [0.2, 0.25) is 0 Å². The first-order chi connectivity index (χ1) is 8.79. The van der Waals surface area contributed by atoms with Crippen LogP contribution in [0.3, 0.4) is 0 Å². The molecule has 0 saturated heterocycles. The number of amides is 1. The van der Waals surface area contributed by atoms with E-state index in [1.807, 2.05) is 29.6 Å². The molecule has 1 aromatic carbocycles. The lowest BCUT2D eigenvalue weighted by Crippen LogP contribution is -2.25. The molecule has 94 valence electrons. The van der Waals surface area contributed by atoms with Crippen molar-refractivity contribution >= 4 is 33.2 Å². The van der Waals surface area contributed by atoms with E-state index in [4.69, 9.17) is 0 Å². The fraction of sp³-hybridized carbons (Fsp3) is 0.231. The van der Waals surface area contributed by atoms with Gasteiger partial charge in [-0.15, -0.1) is 11.3 Å². The Labute approximate surface area is 118 Å². The summed E-state index contributed by atoms with van der Waals surface area (Å²) in [6.07, 6.45) is 0.773. The zero-order valence-electron chi connectivity index (χ0n) is 9.73. The Hall–Kier alpha value is -1.20. The molecule has 2 aromatic rings. The fourth-order valence-electron chi connectivity index (χ4n) is 1.51. The summed E-state index contributed by atoms with van der Waals surface area (Å²) in [4.78, 5) is 16.0. The molecule has 1 heterocycles. The summed E-state index contributed by atoms with van der Waals surface area (Å²) in [5.74, 6) is -0.0358. The molecule has 0 fully saturated rings. The predicted octanol–water partition coefficient (Wildman–Crippen LogP) is 3.01. The van der Waals surface area contributed by atoms with E-state index in [0.29, 0.717) is 12.1 Å². The van der Waals surface area contributed by atoms with Gasteiger partial charge in [0.05, 0.1) is 11.2 Å². The first-order valence-electron chi connectivity index (χ1n) is 5.60. The Morgan fingerprint density at radius 3 is 2.72 bits per heavy atom. The van der Waals surface area contributed by atoms with Crippen molar-refractivity contribution in [1.82, 2.24) is 10.3 Å². The highest BCUT2D eigenvalue weighted by Gasteiger charge is 2.04. The number of halogens is 1. The molecule has 0 saturated carbocycles. The topological polar surface area (TPSA) is 42.0 Å². The van der Waals surface area contributed by atoms with Crippen LogP contribution >= 0.6 is 27.3 Å². The van der Waals surface area contributed by atoms with E-state index in [-0.39, 0.29) is 5.91 Å². The molecule has 5 heteroatoms. The van der Waals surface area contributed by atoms with Crippen LogP contribution in [0, 0.1) is 0 Å². The van der Waals surface area contributed by atoms with Crippen LogP contribution < -0.4 is 5.32 Å². The smallest absolute Gasteiger partial charge is 0.251 e. The van der Waals surface area contributed by atoms with Crippen LogP contribution in [0.5, 0.6) is 0 Å². The number of nitrogens with one attached hydrogen (secondary N) is 1. The molecule has 0 aliphatic rings. The standard InChI is InChI=1S/C13H13BrN2OS/c14-7-10-1-3-11(4-2-10)13(17)15-6-5-12-8-18-9-16-12/h1-4,8-9H,5-7H2,(H,15,17). The summed E-state index contributed by atoms with van der Waals surface area (Å²) >= 11 is 4.95. The monoisotopic (exact) mass is 324 g/mol. The fourth-order valence-corrected chi connectivity index (χ4v) is 2.48. The Morgan fingerprint density at radius 1 is 1.33 bits per heavy atom. The Bertz CT molecular complexity index is 496. The normalized spacial score (nSPS) is 10.3. The zero-order chi connectivity index (χ0) is 12.8. The summed E-state index contributed by atoms with van der Waals surface area (Å²) in [6.45, 7) is 0.614. The highest BCUT2D eigenvalue weighted by atomic mass is 79.9. The van der Waals surface area contributed by atoms with Gasteiger partial charge in [-0.25, -0.2) is 4.98 Å².